The fourth-order valence-electron chi connectivity index (χ4n) is 1.45. The maximum absolute atomic E-state index is 11.7. The van der Waals surface area contributed by atoms with E-state index < -0.39 is 0 Å². The van der Waals surface area contributed by atoms with E-state index in [1.54, 1.807) is 42.7 Å². The van der Waals surface area contributed by atoms with Gasteiger partial charge in [0.25, 0.3) is 5.91 Å². The molecule has 17 heavy (non-hydrogen) atoms. The summed E-state index contributed by atoms with van der Waals surface area (Å²) < 4.78 is 0. The van der Waals surface area contributed by atoms with Crippen molar-refractivity contribution in [3.63, 3.8) is 0 Å². The predicted molar refractivity (Wildman–Crippen MR) is 63.5 cm³/mol. The van der Waals surface area contributed by atoms with Crippen LogP contribution >= 0.6 is 0 Å². The van der Waals surface area contributed by atoms with Crippen LogP contribution in [0, 0.1) is 0 Å². The number of carbonyl (C=O) groups is 1. The molecule has 0 fully saturated rings. The van der Waals surface area contributed by atoms with Crippen molar-refractivity contribution in [1.82, 2.24) is 10.3 Å². The molecule has 0 aliphatic rings. The summed E-state index contributed by atoms with van der Waals surface area (Å²) in [4.78, 5) is 15.5. The Morgan fingerprint density at radius 3 is 2.71 bits per heavy atom. The van der Waals surface area contributed by atoms with Gasteiger partial charge in [-0.2, -0.15) is 0 Å². The van der Waals surface area contributed by atoms with Crippen LogP contribution in [-0.2, 0) is 6.54 Å². The largest absolute Gasteiger partial charge is 0.508 e. The SMILES string of the molecule is O=C(NCc1cccc(O)c1)c1ccncc1. The van der Waals surface area contributed by atoms with Crippen LogP contribution in [0.1, 0.15) is 15.9 Å². The molecule has 1 heterocycles. The molecule has 1 aromatic heterocycles. The Morgan fingerprint density at radius 2 is 2.00 bits per heavy atom. The maximum Gasteiger partial charge on any atom is 0.251 e. The van der Waals surface area contributed by atoms with Gasteiger partial charge in [0.15, 0.2) is 0 Å². The van der Waals surface area contributed by atoms with E-state index >= 15 is 0 Å². The Bertz CT molecular complexity index is 512. The third-order valence-corrected chi connectivity index (χ3v) is 2.31. The predicted octanol–water partition coefficient (Wildman–Crippen LogP) is 1.72. The minimum absolute atomic E-state index is 0.157. The summed E-state index contributed by atoms with van der Waals surface area (Å²) in [5.41, 5.74) is 1.42. The first-order chi connectivity index (χ1) is 8.25. The van der Waals surface area contributed by atoms with Crippen LogP contribution in [0.2, 0.25) is 0 Å². The van der Waals surface area contributed by atoms with Gasteiger partial charge in [0, 0.05) is 24.5 Å². The molecule has 2 rings (SSSR count). The fraction of sp³-hybridized carbons (Fsp3) is 0.0769. The molecule has 0 spiro atoms. The third-order valence-electron chi connectivity index (χ3n) is 2.31. The van der Waals surface area contributed by atoms with Crippen LogP contribution in [-0.4, -0.2) is 16.0 Å². The Balaban J connectivity index is 1.97. The number of amides is 1. The molecule has 0 unspecified atom stereocenters. The summed E-state index contributed by atoms with van der Waals surface area (Å²) in [5.74, 6) is 0.0383. The third kappa shape index (κ3) is 3.04. The molecule has 86 valence electrons. The van der Waals surface area contributed by atoms with E-state index in [2.05, 4.69) is 10.3 Å². The zero-order chi connectivity index (χ0) is 12.1. The van der Waals surface area contributed by atoms with E-state index in [4.69, 9.17) is 0 Å². The van der Waals surface area contributed by atoms with Crippen molar-refractivity contribution in [2.45, 2.75) is 6.54 Å². The van der Waals surface area contributed by atoms with Crippen LogP contribution < -0.4 is 5.32 Å². The molecule has 2 N–H and O–H groups in total. The second-order valence-electron chi connectivity index (χ2n) is 3.59. The van der Waals surface area contributed by atoms with Crippen molar-refractivity contribution in [3.05, 3.63) is 59.9 Å². The highest BCUT2D eigenvalue weighted by Crippen LogP contribution is 2.10. The number of nitrogens with zero attached hydrogens (tertiary/aromatic N) is 1. The quantitative estimate of drug-likeness (QED) is 0.840. The number of phenols is 1. The number of pyridine rings is 1. The standard InChI is InChI=1S/C13H12N2O2/c16-12-3-1-2-10(8-12)9-15-13(17)11-4-6-14-7-5-11/h1-8,16H,9H2,(H,15,17). The van der Waals surface area contributed by atoms with Gasteiger partial charge in [0.1, 0.15) is 5.75 Å². The molecule has 0 atom stereocenters. The molecule has 2 aromatic rings. The molecule has 4 heteroatoms. The number of nitrogens with one attached hydrogen (secondary N) is 1. The van der Waals surface area contributed by atoms with Gasteiger partial charge in [-0.15, -0.1) is 0 Å². The molecule has 0 radical (unpaired) electrons. The van der Waals surface area contributed by atoms with E-state index in [1.165, 1.54) is 0 Å². The van der Waals surface area contributed by atoms with E-state index in [-0.39, 0.29) is 11.7 Å². The van der Waals surface area contributed by atoms with Gasteiger partial charge in [-0.25, -0.2) is 0 Å². The summed E-state index contributed by atoms with van der Waals surface area (Å²) in [7, 11) is 0. The first-order valence-electron chi connectivity index (χ1n) is 5.22. The van der Waals surface area contributed by atoms with E-state index in [1.807, 2.05) is 6.07 Å². The number of hydrogen-bond acceptors (Lipinski definition) is 3. The first kappa shape index (κ1) is 11.1. The summed E-state index contributed by atoms with van der Waals surface area (Å²) in [5, 5.41) is 12.0. The molecule has 0 bridgehead atoms. The average Bonchev–Trinajstić information content (AvgIpc) is 2.37. The van der Waals surface area contributed by atoms with E-state index in [0.29, 0.717) is 12.1 Å². The van der Waals surface area contributed by atoms with Crippen molar-refractivity contribution >= 4 is 5.91 Å². The fourth-order valence-corrected chi connectivity index (χ4v) is 1.45. The number of benzene rings is 1. The van der Waals surface area contributed by atoms with Crippen molar-refractivity contribution in [2.75, 3.05) is 0 Å². The second-order valence-corrected chi connectivity index (χ2v) is 3.59. The number of rotatable bonds is 3. The average molecular weight is 228 g/mol. The molecule has 0 aliphatic heterocycles. The van der Waals surface area contributed by atoms with Gasteiger partial charge in [0.2, 0.25) is 0 Å². The van der Waals surface area contributed by atoms with Crippen LogP contribution in [0.25, 0.3) is 0 Å². The van der Waals surface area contributed by atoms with Crippen LogP contribution in [0.5, 0.6) is 5.75 Å². The first-order valence-corrected chi connectivity index (χ1v) is 5.22. The molecular weight excluding hydrogens is 216 g/mol. The number of aromatic nitrogens is 1. The lowest BCUT2D eigenvalue weighted by atomic mass is 10.2. The van der Waals surface area contributed by atoms with E-state index in [9.17, 15) is 9.90 Å². The summed E-state index contributed by atoms with van der Waals surface area (Å²) in [6.07, 6.45) is 3.15. The van der Waals surface area contributed by atoms with Gasteiger partial charge in [-0.3, -0.25) is 9.78 Å². The number of phenolic OH excluding ortho intramolecular Hbond substituents is 1. The Kier molecular flexibility index (Phi) is 3.35. The summed E-state index contributed by atoms with van der Waals surface area (Å²) >= 11 is 0. The Labute approximate surface area is 98.9 Å². The number of hydrogen-bond donors (Lipinski definition) is 2. The molecule has 4 nitrogen and oxygen atoms in total. The maximum atomic E-state index is 11.7. The van der Waals surface area contributed by atoms with Gasteiger partial charge in [-0.1, -0.05) is 12.1 Å². The zero-order valence-corrected chi connectivity index (χ0v) is 9.13. The molecular formula is C13H12N2O2. The normalized spacial score (nSPS) is 9.88. The van der Waals surface area contributed by atoms with E-state index in [0.717, 1.165) is 5.56 Å². The second kappa shape index (κ2) is 5.12. The molecule has 0 aliphatic carbocycles. The lowest BCUT2D eigenvalue weighted by molar-refractivity contribution is 0.0950. The van der Waals surface area contributed by atoms with Gasteiger partial charge in [-0.05, 0) is 29.8 Å². The highest BCUT2D eigenvalue weighted by atomic mass is 16.3. The lowest BCUT2D eigenvalue weighted by Crippen LogP contribution is -2.22. The minimum atomic E-state index is -0.157. The molecule has 0 saturated heterocycles. The molecule has 0 saturated carbocycles. The summed E-state index contributed by atoms with van der Waals surface area (Å²) in [6.45, 7) is 0.384. The number of carbonyl (C=O) groups excluding carboxylic acids is 1. The van der Waals surface area contributed by atoms with Crippen LogP contribution in [0.3, 0.4) is 0 Å². The topological polar surface area (TPSA) is 62.2 Å². The monoisotopic (exact) mass is 228 g/mol. The minimum Gasteiger partial charge on any atom is -0.508 e. The Morgan fingerprint density at radius 1 is 1.24 bits per heavy atom. The highest BCUT2D eigenvalue weighted by Gasteiger charge is 2.04. The van der Waals surface area contributed by atoms with Crippen molar-refractivity contribution < 1.29 is 9.90 Å². The van der Waals surface area contributed by atoms with Crippen LogP contribution in [0.15, 0.2) is 48.8 Å². The smallest absolute Gasteiger partial charge is 0.251 e. The van der Waals surface area contributed by atoms with Crippen molar-refractivity contribution in [1.29, 1.82) is 0 Å². The van der Waals surface area contributed by atoms with Crippen LogP contribution in [0.4, 0.5) is 0 Å². The van der Waals surface area contributed by atoms with Crippen molar-refractivity contribution in [3.8, 4) is 5.75 Å². The Hall–Kier alpha value is -2.36. The summed E-state index contributed by atoms with van der Waals surface area (Å²) in [6, 6.07) is 10.1. The van der Waals surface area contributed by atoms with Crippen molar-refractivity contribution in [2.24, 2.45) is 0 Å². The molecule has 1 aromatic carbocycles. The highest BCUT2D eigenvalue weighted by molar-refractivity contribution is 5.93. The molecule has 1 amide bonds. The van der Waals surface area contributed by atoms with Gasteiger partial charge >= 0.3 is 0 Å². The lowest BCUT2D eigenvalue weighted by Gasteiger charge is -2.05. The zero-order valence-electron chi connectivity index (χ0n) is 9.13. The number of aromatic hydroxyl groups is 1. The van der Waals surface area contributed by atoms with Gasteiger partial charge in [0.05, 0.1) is 0 Å². The van der Waals surface area contributed by atoms with Gasteiger partial charge < -0.3 is 10.4 Å².